The highest BCUT2D eigenvalue weighted by Crippen LogP contribution is 2.26. The number of hydrogen-bond donors (Lipinski definition) is 1. The molecular weight excluding hydrogens is 288 g/mol. The van der Waals surface area contributed by atoms with Gasteiger partial charge in [-0.3, -0.25) is 0 Å². The van der Waals surface area contributed by atoms with Crippen molar-refractivity contribution < 1.29 is 0 Å². The largest absolute Gasteiger partial charge is 0.326 e. The minimum absolute atomic E-state index is 0.211. The summed E-state index contributed by atoms with van der Waals surface area (Å²) < 4.78 is 2.79. The zero-order valence-electron chi connectivity index (χ0n) is 4.61. The molecule has 0 aromatic carbocycles. The molecule has 54 valence electrons. The van der Waals surface area contributed by atoms with Crippen molar-refractivity contribution in [3.63, 3.8) is 0 Å². The lowest BCUT2D eigenvalue weighted by atomic mass is 10.5. The van der Waals surface area contributed by atoms with Gasteiger partial charge in [0.25, 0.3) is 0 Å². The van der Waals surface area contributed by atoms with Crippen molar-refractivity contribution in [1.82, 2.24) is 10.2 Å². The SMILES string of the molecule is Clc1nncc(NI)c1Cl. The molecule has 0 aliphatic heterocycles. The average molecular weight is 290 g/mol. The fourth-order valence-corrected chi connectivity index (χ4v) is 1.26. The Bertz CT molecular complexity index is 242. The molecule has 0 bridgehead atoms. The molecule has 1 heterocycles. The van der Waals surface area contributed by atoms with E-state index in [0.29, 0.717) is 10.7 Å². The van der Waals surface area contributed by atoms with Gasteiger partial charge in [0.1, 0.15) is 5.02 Å². The number of rotatable bonds is 1. The van der Waals surface area contributed by atoms with Gasteiger partial charge in [0, 0.05) is 0 Å². The highest BCUT2D eigenvalue weighted by atomic mass is 127. The third kappa shape index (κ3) is 1.62. The van der Waals surface area contributed by atoms with Gasteiger partial charge in [-0.2, -0.15) is 5.10 Å². The topological polar surface area (TPSA) is 37.8 Å². The van der Waals surface area contributed by atoms with E-state index in [2.05, 4.69) is 13.7 Å². The van der Waals surface area contributed by atoms with Crippen LogP contribution in [0.4, 0.5) is 5.69 Å². The lowest BCUT2D eigenvalue weighted by Crippen LogP contribution is -1.87. The van der Waals surface area contributed by atoms with Crippen LogP contribution in [0.5, 0.6) is 0 Å². The van der Waals surface area contributed by atoms with Crippen molar-refractivity contribution in [1.29, 1.82) is 0 Å². The van der Waals surface area contributed by atoms with Crippen LogP contribution in [0.2, 0.25) is 10.2 Å². The monoisotopic (exact) mass is 289 g/mol. The van der Waals surface area contributed by atoms with E-state index < -0.39 is 0 Å². The number of halogens is 3. The van der Waals surface area contributed by atoms with Gasteiger partial charge >= 0.3 is 0 Å². The van der Waals surface area contributed by atoms with E-state index in [0.717, 1.165) is 0 Å². The molecule has 0 unspecified atom stereocenters. The molecule has 0 aliphatic rings. The maximum atomic E-state index is 5.69. The van der Waals surface area contributed by atoms with Crippen molar-refractivity contribution in [2.24, 2.45) is 0 Å². The maximum Gasteiger partial charge on any atom is 0.172 e. The second-order valence-electron chi connectivity index (χ2n) is 1.46. The molecule has 0 saturated carbocycles. The number of anilines is 1. The van der Waals surface area contributed by atoms with E-state index in [1.165, 1.54) is 6.20 Å². The Kier molecular flexibility index (Phi) is 2.94. The third-order valence-corrected chi connectivity index (χ3v) is 2.18. The Balaban J connectivity index is 3.14. The van der Waals surface area contributed by atoms with E-state index >= 15 is 0 Å². The van der Waals surface area contributed by atoms with Gasteiger partial charge in [0.15, 0.2) is 5.15 Å². The van der Waals surface area contributed by atoms with E-state index in [1.54, 1.807) is 0 Å². The first-order valence-corrected chi connectivity index (χ1v) is 4.12. The summed E-state index contributed by atoms with van der Waals surface area (Å²) >= 11 is 13.2. The minimum Gasteiger partial charge on any atom is -0.326 e. The Morgan fingerprint density at radius 1 is 1.50 bits per heavy atom. The van der Waals surface area contributed by atoms with E-state index in [4.69, 9.17) is 23.2 Å². The van der Waals surface area contributed by atoms with Crippen LogP contribution in [-0.4, -0.2) is 10.2 Å². The molecular formula is C4H2Cl2IN3. The molecule has 1 N–H and O–H groups in total. The standard InChI is InChI=1S/C4H2Cl2IN3/c5-3-2(9-7)1-8-10-4(3)6/h1H,(H,9,10). The summed E-state index contributed by atoms with van der Waals surface area (Å²) in [5.41, 5.74) is 0.669. The van der Waals surface area contributed by atoms with Crippen LogP contribution in [0.15, 0.2) is 6.20 Å². The summed E-state index contributed by atoms with van der Waals surface area (Å²) in [6, 6.07) is 0. The molecule has 0 saturated heterocycles. The van der Waals surface area contributed by atoms with Crippen LogP contribution >= 0.6 is 46.1 Å². The normalized spacial score (nSPS) is 9.50. The van der Waals surface area contributed by atoms with Gasteiger partial charge in [-0.15, -0.1) is 5.10 Å². The Morgan fingerprint density at radius 2 is 2.20 bits per heavy atom. The fraction of sp³-hybridized carbons (Fsp3) is 0. The predicted molar refractivity (Wildman–Crippen MR) is 49.7 cm³/mol. The first-order valence-electron chi connectivity index (χ1n) is 2.29. The van der Waals surface area contributed by atoms with Crippen LogP contribution in [0.3, 0.4) is 0 Å². The van der Waals surface area contributed by atoms with Crippen molar-refractivity contribution in [3.05, 3.63) is 16.4 Å². The molecule has 0 amide bonds. The molecule has 1 aromatic heterocycles. The lowest BCUT2D eigenvalue weighted by Gasteiger charge is -1.98. The van der Waals surface area contributed by atoms with E-state index in [9.17, 15) is 0 Å². The first kappa shape index (κ1) is 8.29. The maximum absolute atomic E-state index is 5.69. The zero-order chi connectivity index (χ0) is 7.56. The molecule has 0 atom stereocenters. The van der Waals surface area contributed by atoms with Crippen molar-refractivity contribution in [2.75, 3.05) is 3.53 Å². The summed E-state index contributed by atoms with van der Waals surface area (Å²) in [6.45, 7) is 0. The Morgan fingerprint density at radius 3 is 2.70 bits per heavy atom. The molecule has 3 nitrogen and oxygen atoms in total. The fourth-order valence-electron chi connectivity index (χ4n) is 0.415. The highest BCUT2D eigenvalue weighted by Gasteiger charge is 2.03. The van der Waals surface area contributed by atoms with E-state index in [1.807, 2.05) is 22.9 Å². The van der Waals surface area contributed by atoms with Gasteiger partial charge < -0.3 is 3.53 Å². The molecule has 0 spiro atoms. The third-order valence-electron chi connectivity index (χ3n) is 0.852. The van der Waals surface area contributed by atoms with Crippen molar-refractivity contribution in [2.45, 2.75) is 0 Å². The van der Waals surface area contributed by atoms with Gasteiger partial charge in [-0.05, 0) is 0 Å². The van der Waals surface area contributed by atoms with Gasteiger partial charge in [0.2, 0.25) is 0 Å². The smallest absolute Gasteiger partial charge is 0.172 e. The van der Waals surface area contributed by atoms with Crippen LogP contribution in [0.1, 0.15) is 0 Å². The predicted octanol–water partition coefficient (Wildman–Crippen LogP) is 2.55. The Labute approximate surface area is 81.6 Å². The molecule has 1 aromatic rings. The quantitative estimate of drug-likeness (QED) is 0.638. The summed E-state index contributed by atoms with van der Waals surface area (Å²) in [5.74, 6) is 0. The average Bonchev–Trinajstić information content (AvgIpc) is 1.95. The summed E-state index contributed by atoms with van der Waals surface area (Å²) in [4.78, 5) is 0. The van der Waals surface area contributed by atoms with Crippen LogP contribution in [0, 0.1) is 0 Å². The summed E-state index contributed by atoms with van der Waals surface area (Å²) in [6.07, 6.45) is 1.50. The van der Waals surface area contributed by atoms with Gasteiger partial charge in [-0.1, -0.05) is 23.2 Å². The van der Waals surface area contributed by atoms with Crippen LogP contribution in [-0.2, 0) is 0 Å². The molecule has 0 fully saturated rings. The summed E-state index contributed by atoms with van der Waals surface area (Å²) in [5, 5.41) is 7.72. The summed E-state index contributed by atoms with van der Waals surface area (Å²) in [7, 11) is 0. The van der Waals surface area contributed by atoms with E-state index in [-0.39, 0.29) is 5.15 Å². The molecule has 0 aliphatic carbocycles. The Hall–Kier alpha value is 0.190. The minimum atomic E-state index is 0.211. The van der Waals surface area contributed by atoms with Gasteiger partial charge in [0.05, 0.1) is 34.7 Å². The van der Waals surface area contributed by atoms with Gasteiger partial charge in [-0.25, -0.2) is 0 Å². The van der Waals surface area contributed by atoms with Crippen molar-refractivity contribution >= 4 is 51.8 Å². The number of nitrogens with one attached hydrogen (secondary N) is 1. The molecule has 1 rings (SSSR count). The van der Waals surface area contributed by atoms with Crippen LogP contribution in [0.25, 0.3) is 0 Å². The zero-order valence-corrected chi connectivity index (χ0v) is 8.28. The highest BCUT2D eigenvalue weighted by molar-refractivity contribution is 14.1. The first-order chi connectivity index (χ1) is 4.75. The molecule has 0 radical (unpaired) electrons. The number of nitrogens with zero attached hydrogens (tertiary/aromatic N) is 2. The second kappa shape index (κ2) is 3.54. The number of hydrogen-bond acceptors (Lipinski definition) is 3. The van der Waals surface area contributed by atoms with Crippen molar-refractivity contribution in [3.8, 4) is 0 Å². The lowest BCUT2D eigenvalue weighted by molar-refractivity contribution is 1.04. The molecule has 6 heteroatoms. The second-order valence-corrected chi connectivity index (χ2v) is 2.73. The van der Waals surface area contributed by atoms with Crippen LogP contribution < -0.4 is 3.53 Å². The number of aromatic nitrogens is 2. The molecule has 10 heavy (non-hydrogen) atoms.